The minimum atomic E-state index is 0.0810. The molecule has 2 atom stereocenters. The Morgan fingerprint density at radius 1 is 1.42 bits per heavy atom. The van der Waals surface area contributed by atoms with Crippen molar-refractivity contribution in [2.24, 2.45) is 11.7 Å². The van der Waals surface area contributed by atoms with Gasteiger partial charge in [0.25, 0.3) is 5.91 Å². The molecule has 104 valence electrons. The zero-order valence-electron chi connectivity index (χ0n) is 11.6. The topological polar surface area (TPSA) is 55.6 Å². The van der Waals surface area contributed by atoms with E-state index in [0.29, 0.717) is 19.0 Å². The van der Waals surface area contributed by atoms with Gasteiger partial charge in [0.2, 0.25) is 0 Å². The van der Waals surface area contributed by atoms with E-state index in [4.69, 9.17) is 10.5 Å². The van der Waals surface area contributed by atoms with E-state index in [1.165, 1.54) is 0 Å². The van der Waals surface area contributed by atoms with E-state index < -0.39 is 0 Å². The third kappa shape index (κ3) is 3.14. The van der Waals surface area contributed by atoms with Crippen LogP contribution in [0.5, 0.6) is 0 Å². The standard InChI is InChI=1S/C15H22N2O2/c1-11-7-8-17(10-14(11)19-2)15(18)13-5-3-12(9-16)4-6-13/h3-6,11,14H,7-10,16H2,1-2H3. The number of methoxy groups -OCH3 is 1. The fourth-order valence-electron chi connectivity index (χ4n) is 2.49. The molecule has 1 fully saturated rings. The predicted molar refractivity (Wildman–Crippen MR) is 74.8 cm³/mol. The first-order chi connectivity index (χ1) is 9.15. The van der Waals surface area contributed by atoms with Crippen LogP contribution in [-0.4, -0.2) is 37.1 Å². The molecule has 0 aliphatic carbocycles. The van der Waals surface area contributed by atoms with Crippen LogP contribution in [0.3, 0.4) is 0 Å². The Bertz CT molecular complexity index is 430. The average molecular weight is 262 g/mol. The summed E-state index contributed by atoms with van der Waals surface area (Å²) in [5.41, 5.74) is 7.32. The van der Waals surface area contributed by atoms with Crippen LogP contribution in [0.25, 0.3) is 0 Å². The second kappa shape index (κ2) is 6.17. The first-order valence-corrected chi connectivity index (χ1v) is 6.76. The van der Waals surface area contributed by atoms with Gasteiger partial charge in [-0.2, -0.15) is 0 Å². The van der Waals surface area contributed by atoms with Gasteiger partial charge in [-0.05, 0) is 30.0 Å². The largest absolute Gasteiger partial charge is 0.379 e. The molecule has 1 saturated heterocycles. The summed E-state index contributed by atoms with van der Waals surface area (Å²) in [5.74, 6) is 0.589. The smallest absolute Gasteiger partial charge is 0.253 e. The van der Waals surface area contributed by atoms with E-state index in [1.807, 2.05) is 29.2 Å². The normalized spacial score (nSPS) is 23.4. The molecule has 1 aromatic carbocycles. The maximum Gasteiger partial charge on any atom is 0.253 e. The number of nitrogens with zero attached hydrogens (tertiary/aromatic N) is 1. The number of benzene rings is 1. The molecule has 2 unspecified atom stereocenters. The SMILES string of the molecule is COC1CN(C(=O)c2ccc(CN)cc2)CCC1C. The van der Waals surface area contributed by atoms with Crippen molar-refractivity contribution in [2.45, 2.75) is 26.0 Å². The van der Waals surface area contributed by atoms with Crippen molar-refractivity contribution in [1.29, 1.82) is 0 Å². The van der Waals surface area contributed by atoms with Crippen molar-refractivity contribution in [2.75, 3.05) is 20.2 Å². The highest BCUT2D eigenvalue weighted by Crippen LogP contribution is 2.21. The number of ether oxygens (including phenoxy) is 1. The number of hydrogen-bond donors (Lipinski definition) is 1. The number of likely N-dealkylation sites (tertiary alicyclic amines) is 1. The van der Waals surface area contributed by atoms with Gasteiger partial charge in [0.15, 0.2) is 0 Å². The van der Waals surface area contributed by atoms with Gasteiger partial charge >= 0.3 is 0 Å². The van der Waals surface area contributed by atoms with Gasteiger partial charge in [-0.1, -0.05) is 19.1 Å². The Morgan fingerprint density at radius 2 is 2.11 bits per heavy atom. The molecule has 0 aromatic heterocycles. The zero-order chi connectivity index (χ0) is 13.8. The maximum absolute atomic E-state index is 12.4. The summed E-state index contributed by atoms with van der Waals surface area (Å²) in [6.07, 6.45) is 1.13. The van der Waals surface area contributed by atoms with E-state index >= 15 is 0 Å². The number of piperidine rings is 1. The third-order valence-corrected chi connectivity index (χ3v) is 3.92. The van der Waals surface area contributed by atoms with Gasteiger partial charge in [0.1, 0.15) is 0 Å². The Kier molecular flexibility index (Phi) is 4.56. The van der Waals surface area contributed by atoms with Gasteiger partial charge in [0.05, 0.1) is 6.10 Å². The molecule has 0 spiro atoms. The molecule has 4 heteroatoms. The van der Waals surface area contributed by atoms with E-state index in [9.17, 15) is 4.79 Å². The van der Waals surface area contributed by atoms with Gasteiger partial charge in [-0.15, -0.1) is 0 Å². The number of rotatable bonds is 3. The van der Waals surface area contributed by atoms with Crippen molar-refractivity contribution in [3.8, 4) is 0 Å². The molecular weight excluding hydrogens is 240 g/mol. The number of nitrogens with two attached hydrogens (primary N) is 1. The molecule has 2 rings (SSSR count). The van der Waals surface area contributed by atoms with Crippen LogP contribution in [0.2, 0.25) is 0 Å². The maximum atomic E-state index is 12.4. The van der Waals surface area contributed by atoms with Crippen molar-refractivity contribution in [1.82, 2.24) is 4.90 Å². The third-order valence-electron chi connectivity index (χ3n) is 3.92. The van der Waals surface area contributed by atoms with Crippen LogP contribution in [0.1, 0.15) is 29.3 Å². The summed E-state index contributed by atoms with van der Waals surface area (Å²) in [6.45, 7) is 4.15. The monoisotopic (exact) mass is 262 g/mol. The number of carbonyl (C=O) groups excluding carboxylic acids is 1. The minimum Gasteiger partial charge on any atom is -0.379 e. The Morgan fingerprint density at radius 3 is 2.68 bits per heavy atom. The molecule has 19 heavy (non-hydrogen) atoms. The minimum absolute atomic E-state index is 0.0810. The molecule has 1 aliphatic rings. The van der Waals surface area contributed by atoms with E-state index in [2.05, 4.69) is 6.92 Å². The molecular formula is C15H22N2O2. The second-order valence-corrected chi connectivity index (χ2v) is 5.19. The lowest BCUT2D eigenvalue weighted by molar-refractivity contribution is -0.00156. The van der Waals surface area contributed by atoms with Crippen LogP contribution in [0, 0.1) is 5.92 Å². The van der Waals surface area contributed by atoms with Crippen molar-refractivity contribution >= 4 is 5.91 Å². The van der Waals surface area contributed by atoms with Crippen LogP contribution < -0.4 is 5.73 Å². The highest BCUT2D eigenvalue weighted by atomic mass is 16.5. The van der Waals surface area contributed by atoms with Crippen LogP contribution in [-0.2, 0) is 11.3 Å². The number of carbonyl (C=O) groups is 1. The lowest BCUT2D eigenvalue weighted by Gasteiger charge is -2.36. The van der Waals surface area contributed by atoms with Crippen molar-refractivity contribution < 1.29 is 9.53 Å². The van der Waals surface area contributed by atoms with Gasteiger partial charge in [-0.3, -0.25) is 4.79 Å². The number of amides is 1. The summed E-state index contributed by atoms with van der Waals surface area (Å²) in [7, 11) is 1.71. The highest BCUT2D eigenvalue weighted by molar-refractivity contribution is 5.94. The summed E-state index contributed by atoms with van der Waals surface area (Å²) in [6, 6.07) is 7.52. The molecule has 4 nitrogen and oxygen atoms in total. The summed E-state index contributed by atoms with van der Waals surface area (Å²) in [5, 5.41) is 0. The van der Waals surface area contributed by atoms with Crippen LogP contribution in [0.15, 0.2) is 24.3 Å². The van der Waals surface area contributed by atoms with Crippen LogP contribution >= 0.6 is 0 Å². The summed E-state index contributed by atoms with van der Waals surface area (Å²) < 4.78 is 5.45. The molecule has 0 saturated carbocycles. The van der Waals surface area contributed by atoms with E-state index in [0.717, 1.165) is 24.1 Å². The Balaban J connectivity index is 2.06. The first-order valence-electron chi connectivity index (χ1n) is 6.76. The molecule has 0 bridgehead atoms. The van der Waals surface area contributed by atoms with Gasteiger partial charge < -0.3 is 15.4 Å². The van der Waals surface area contributed by atoms with Gasteiger partial charge in [-0.25, -0.2) is 0 Å². The Hall–Kier alpha value is -1.39. The van der Waals surface area contributed by atoms with E-state index in [1.54, 1.807) is 7.11 Å². The fourth-order valence-corrected chi connectivity index (χ4v) is 2.49. The fraction of sp³-hybridized carbons (Fsp3) is 0.533. The zero-order valence-corrected chi connectivity index (χ0v) is 11.6. The average Bonchev–Trinajstić information content (AvgIpc) is 2.47. The highest BCUT2D eigenvalue weighted by Gasteiger charge is 2.29. The molecule has 1 amide bonds. The number of hydrogen-bond acceptors (Lipinski definition) is 3. The van der Waals surface area contributed by atoms with Crippen molar-refractivity contribution in [3.63, 3.8) is 0 Å². The van der Waals surface area contributed by atoms with E-state index in [-0.39, 0.29) is 12.0 Å². The lowest BCUT2D eigenvalue weighted by Crippen LogP contribution is -2.46. The lowest BCUT2D eigenvalue weighted by atomic mass is 9.95. The predicted octanol–water partition coefficient (Wildman–Crippen LogP) is 1.64. The van der Waals surface area contributed by atoms with Crippen LogP contribution in [0.4, 0.5) is 0 Å². The first kappa shape index (κ1) is 14.0. The summed E-state index contributed by atoms with van der Waals surface area (Å²) >= 11 is 0. The van der Waals surface area contributed by atoms with Crippen molar-refractivity contribution in [3.05, 3.63) is 35.4 Å². The summed E-state index contributed by atoms with van der Waals surface area (Å²) in [4.78, 5) is 14.3. The molecule has 1 aromatic rings. The quantitative estimate of drug-likeness (QED) is 0.901. The Labute approximate surface area is 114 Å². The molecule has 0 radical (unpaired) electrons. The molecule has 1 heterocycles. The molecule has 2 N–H and O–H groups in total. The van der Waals surface area contributed by atoms with Gasteiger partial charge in [0, 0.05) is 32.3 Å². The molecule has 1 aliphatic heterocycles. The second-order valence-electron chi connectivity index (χ2n) is 5.19.